The van der Waals surface area contributed by atoms with Gasteiger partial charge in [-0.1, -0.05) is 60.7 Å². The van der Waals surface area contributed by atoms with Gasteiger partial charge in [-0.15, -0.1) is 0 Å². The molecule has 0 spiro atoms. The maximum absolute atomic E-state index is 14.2. The Labute approximate surface area is 217 Å². The van der Waals surface area contributed by atoms with Crippen molar-refractivity contribution in [1.29, 1.82) is 0 Å². The zero-order chi connectivity index (χ0) is 25.9. The number of aryl methyl sites for hydroxylation is 1. The molecule has 0 saturated heterocycles. The molecule has 0 aliphatic carbocycles. The summed E-state index contributed by atoms with van der Waals surface area (Å²) < 4.78 is 20.6. The largest absolute Gasteiger partial charge is 0.490 e. The number of carboxylic acid groups (broad SMARTS) is 1. The average Bonchev–Trinajstić information content (AvgIpc) is 2.90. The first-order valence-electron chi connectivity index (χ1n) is 12.9. The fourth-order valence-electron chi connectivity index (χ4n) is 5.55. The topological polar surface area (TPSA) is 58.6 Å². The number of carbonyl (C=O) groups is 1. The third-order valence-corrected chi connectivity index (χ3v) is 7.49. The van der Waals surface area contributed by atoms with Crippen LogP contribution in [0.3, 0.4) is 0 Å². The van der Waals surface area contributed by atoms with E-state index in [1.807, 2.05) is 67.6 Å². The van der Waals surface area contributed by atoms with Crippen LogP contribution in [0.25, 0.3) is 10.8 Å². The second-order valence-corrected chi connectivity index (χ2v) is 9.95. The number of carboxylic acids is 1. The molecule has 3 atom stereocenters. The Bertz CT molecular complexity index is 1430. The van der Waals surface area contributed by atoms with Crippen molar-refractivity contribution in [2.75, 3.05) is 6.54 Å². The molecule has 0 radical (unpaired) electrons. The number of hydrogen-bond acceptors (Lipinski definition) is 3. The van der Waals surface area contributed by atoms with Gasteiger partial charge >= 0.3 is 5.97 Å². The van der Waals surface area contributed by atoms with Crippen molar-refractivity contribution in [2.45, 2.75) is 51.2 Å². The second kappa shape index (κ2) is 10.7. The first kappa shape index (κ1) is 25.0. The summed E-state index contributed by atoms with van der Waals surface area (Å²) in [4.78, 5) is 11.5. The first-order chi connectivity index (χ1) is 17.9. The van der Waals surface area contributed by atoms with Crippen molar-refractivity contribution in [3.05, 3.63) is 112 Å². The Morgan fingerprint density at radius 2 is 1.81 bits per heavy atom. The molecule has 4 aromatic rings. The molecule has 0 bridgehead atoms. The van der Waals surface area contributed by atoms with Crippen LogP contribution in [0, 0.1) is 12.7 Å². The van der Waals surface area contributed by atoms with Crippen molar-refractivity contribution in [1.82, 2.24) is 5.32 Å². The van der Waals surface area contributed by atoms with Gasteiger partial charge in [-0.2, -0.15) is 0 Å². The summed E-state index contributed by atoms with van der Waals surface area (Å²) >= 11 is 0. The minimum absolute atomic E-state index is 0.0723. The van der Waals surface area contributed by atoms with Crippen molar-refractivity contribution in [3.8, 4) is 5.75 Å². The minimum atomic E-state index is -0.898. The highest BCUT2D eigenvalue weighted by molar-refractivity contribution is 5.89. The summed E-state index contributed by atoms with van der Waals surface area (Å²) in [6, 6.07) is 24.9. The van der Waals surface area contributed by atoms with Crippen LogP contribution < -0.4 is 10.1 Å². The van der Waals surface area contributed by atoms with E-state index < -0.39 is 5.97 Å². The molecular weight excluding hydrogens is 465 g/mol. The zero-order valence-electron chi connectivity index (χ0n) is 21.2. The van der Waals surface area contributed by atoms with Gasteiger partial charge in [0.1, 0.15) is 11.6 Å². The molecular formula is C32H32FNO3. The van der Waals surface area contributed by atoms with Gasteiger partial charge < -0.3 is 15.2 Å². The monoisotopic (exact) mass is 497 g/mol. The lowest BCUT2D eigenvalue weighted by Gasteiger charge is -2.33. The molecule has 5 heteroatoms. The van der Waals surface area contributed by atoms with Crippen molar-refractivity contribution < 1.29 is 19.0 Å². The van der Waals surface area contributed by atoms with Crippen LogP contribution in [-0.4, -0.2) is 23.7 Å². The van der Waals surface area contributed by atoms with Crippen LogP contribution in [0.4, 0.5) is 4.39 Å². The first-order valence-corrected chi connectivity index (χ1v) is 12.9. The Kier molecular flexibility index (Phi) is 7.24. The number of hydrogen-bond donors (Lipinski definition) is 2. The summed E-state index contributed by atoms with van der Waals surface area (Å²) in [7, 11) is 0. The molecule has 4 nitrogen and oxygen atoms in total. The van der Waals surface area contributed by atoms with E-state index in [0.29, 0.717) is 10.9 Å². The molecule has 4 aromatic carbocycles. The summed E-state index contributed by atoms with van der Waals surface area (Å²) in [5.41, 5.74) is 4.49. The average molecular weight is 498 g/mol. The van der Waals surface area contributed by atoms with Gasteiger partial charge in [-0.05, 0) is 79.9 Å². The molecule has 1 aliphatic heterocycles. The highest BCUT2D eigenvalue weighted by Gasteiger charge is 2.29. The van der Waals surface area contributed by atoms with Crippen molar-refractivity contribution >= 4 is 16.7 Å². The molecule has 0 unspecified atom stereocenters. The van der Waals surface area contributed by atoms with Gasteiger partial charge in [0.2, 0.25) is 0 Å². The van der Waals surface area contributed by atoms with E-state index in [9.17, 15) is 14.3 Å². The lowest BCUT2D eigenvalue weighted by molar-refractivity contribution is 0.0696. The molecule has 0 fully saturated rings. The normalized spacial score (nSPS) is 17.7. The number of halogens is 1. The number of para-hydroxylation sites is 1. The van der Waals surface area contributed by atoms with Crippen LogP contribution in [0.2, 0.25) is 0 Å². The molecule has 190 valence electrons. The Morgan fingerprint density at radius 1 is 1.05 bits per heavy atom. The lowest BCUT2D eigenvalue weighted by atomic mass is 9.82. The van der Waals surface area contributed by atoms with E-state index in [-0.39, 0.29) is 23.9 Å². The fraction of sp³-hybridized carbons (Fsp3) is 0.281. The number of rotatable bonds is 8. The Balaban J connectivity index is 1.25. The molecule has 1 aliphatic rings. The van der Waals surface area contributed by atoms with Crippen LogP contribution in [-0.2, 0) is 0 Å². The maximum atomic E-state index is 14.2. The standard InChI is InChI=1S/C32H32FNO3/c1-20-18-22(13-14-24(20)32(35)36)29-19-23(37-31-12-6-5-11-28(29)31)8-7-17-34-21(2)25-15-16-30(33)27-10-4-3-9-26(25)27/h3-6,9-16,18,21,23,29,34H,7-8,17,19H2,1-2H3,(H,35,36)/t21-,23+,29+/m1/s1. The van der Waals surface area contributed by atoms with E-state index in [4.69, 9.17) is 4.74 Å². The van der Waals surface area contributed by atoms with Gasteiger partial charge in [0, 0.05) is 22.9 Å². The SMILES string of the molecule is Cc1cc([C@@H]2C[C@H](CCCN[C@H](C)c3ccc(F)c4ccccc34)Oc3ccccc32)ccc1C(=O)O. The van der Waals surface area contributed by atoms with Gasteiger partial charge in [0.05, 0.1) is 11.7 Å². The summed E-state index contributed by atoms with van der Waals surface area (Å²) in [6.45, 7) is 4.80. The second-order valence-electron chi connectivity index (χ2n) is 9.95. The van der Waals surface area contributed by atoms with Gasteiger partial charge in [0.15, 0.2) is 0 Å². The number of benzene rings is 4. The van der Waals surface area contributed by atoms with E-state index in [0.717, 1.165) is 59.2 Å². The number of aromatic carboxylic acids is 1. The van der Waals surface area contributed by atoms with E-state index >= 15 is 0 Å². The molecule has 0 aromatic heterocycles. The van der Waals surface area contributed by atoms with E-state index in [1.165, 1.54) is 0 Å². The van der Waals surface area contributed by atoms with Crippen LogP contribution in [0.5, 0.6) is 5.75 Å². The van der Waals surface area contributed by atoms with Gasteiger partial charge in [0.25, 0.3) is 0 Å². The van der Waals surface area contributed by atoms with Gasteiger partial charge in [-0.3, -0.25) is 0 Å². The number of fused-ring (bicyclic) bond motifs is 2. The molecule has 0 amide bonds. The number of nitrogens with one attached hydrogen (secondary N) is 1. The molecule has 37 heavy (non-hydrogen) atoms. The Hall–Kier alpha value is -3.70. The molecule has 1 heterocycles. The number of ether oxygens (including phenoxy) is 1. The van der Waals surface area contributed by atoms with Gasteiger partial charge in [-0.25, -0.2) is 9.18 Å². The lowest BCUT2D eigenvalue weighted by Crippen LogP contribution is -2.28. The minimum Gasteiger partial charge on any atom is -0.490 e. The maximum Gasteiger partial charge on any atom is 0.335 e. The zero-order valence-corrected chi connectivity index (χ0v) is 21.2. The van der Waals surface area contributed by atoms with Crippen LogP contribution >= 0.6 is 0 Å². The smallest absolute Gasteiger partial charge is 0.335 e. The predicted molar refractivity (Wildman–Crippen MR) is 145 cm³/mol. The molecule has 2 N–H and O–H groups in total. The predicted octanol–water partition coefficient (Wildman–Crippen LogP) is 7.40. The molecule has 5 rings (SSSR count). The van der Waals surface area contributed by atoms with Crippen molar-refractivity contribution in [3.63, 3.8) is 0 Å². The molecule has 0 saturated carbocycles. The van der Waals surface area contributed by atoms with Crippen LogP contribution in [0.15, 0.2) is 78.9 Å². The fourth-order valence-corrected chi connectivity index (χ4v) is 5.55. The van der Waals surface area contributed by atoms with Crippen molar-refractivity contribution in [2.24, 2.45) is 0 Å². The van der Waals surface area contributed by atoms with E-state index in [1.54, 1.807) is 12.1 Å². The quantitative estimate of drug-likeness (QED) is 0.249. The Morgan fingerprint density at radius 3 is 2.59 bits per heavy atom. The highest BCUT2D eigenvalue weighted by atomic mass is 19.1. The third-order valence-electron chi connectivity index (χ3n) is 7.49. The highest BCUT2D eigenvalue weighted by Crippen LogP contribution is 2.41. The summed E-state index contributed by atoms with van der Waals surface area (Å²) in [5.74, 6) is -0.0231. The summed E-state index contributed by atoms with van der Waals surface area (Å²) in [5, 5.41) is 14.6. The van der Waals surface area contributed by atoms with E-state index in [2.05, 4.69) is 18.3 Å². The summed E-state index contributed by atoms with van der Waals surface area (Å²) in [6.07, 6.45) is 2.77. The van der Waals surface area contributed by atoms with Crippen LogP contribution in [0.1, 0.15) is 70.8 Å². The third kappa shape index (κ3) is 5.23.